The molecule has 0 spiro atoms. The molecule has 0 heterocycles. The van der Waals surface area contributed by atoms with Crippen molar-refractivity contribution in [2.45, 2.75) is 25.3 Å². The van der Waals surface area contributed by atoms with Gasteiger partial charge in [0.1, 0.15) is 5.82 Å². The largest absolute Gasteiger partial charge is 0.330 e. The zero-order valence-electron chi connectivity index (χ0n) is 8.96. The number of hydrogen-bond donors (Lipinski definition) is 2. The summed E-state index contributed by atoms with van der Waals surface area (Å²) in [7, 11) is 0. The monoisotopic (exact) mass is 266 g/mol. The second-order valence-electron chi connectivity index (χ2n) is 3.56. The molecule has 4 N–H and O–H groups in total. The molecule has 1 atom stereocenters. The number of hydrogen-bond acceptors (Lipinski definition) is 2. The molecule has 0 aliphatic carbocycles. The first-order valence-corrected chi connectivity index (χ1v) is 5.43. The number of halogens is 3. The van der Waals surface area contributed by atoms with E-state index in [0.29, 0.717) is 17.1 Å². The van der Waals surface area contributed by atoms with Crippen molar-refractivity contribution in [1.29, 1.82) is 0 Å². The van der Waals surface area contributed by atoms with Crippen molar-refractivity contribution in [1.82, 2.24) is 0 Å². The summed E-state index contributed by atoms with van der Waals surface area (Å²) in [6, 6.07) is 4.32. The van der Waals surface area contributed by atoms with Crippen LogP contribution in [-0.4, -0.2) is 6.54 Å². The molecule has 1 aromatic carbocycles. The third-order valence-electron chi connectivity index (χ3n) is 2.33. The fourth-order valence-electron chi connectivity index (χ4n) is 1.47. The average molecular weight is 267 g/mol. The van der Waals surface area contributed by atoms with Gasteiger partial charge in [0.2, 0.25) is 0 Å². The van der Waals surface area contributed by atoms with Gasteiger partial charge in [-0.25, -0.2) is 4.39 Å². The van der Waals surface area contributed by atoms with Gasteiger partial charge in [0.05, 0.1) is 0 Å². The lowest BCUT2D eigenvalue weighted by Gasteiger charge is -2.12. The number of unbranched alkanes of at least 4 members (excludes halogenated alkanes) is 1. The highest BCUT2D eigenvalue weighted by molar-refractivity contribution is 6.30. The molecular weight excluding hydrogens is 250 g/mol. The van der Waals surface area contributed by atoms with E-state index in [-0.39, 0.29) is 24.3 Å². The summed E-state index contributed by atoms with van der Waals surface area (Å²) in [5, 5.41) is 0.394. The summed E-state index contributed by atoms with van der Waals surface area (Å²) >= 11 is 5.65. The van der Waals surface area contributed by atoms with Crippen LogP contribution in [0.5, 0.6) is 0 Å². The Labute approximate surface area is 107 Å². The van der Waals surface area contributed by atoms with E-state index in [1.54, 1.807) is 12.1 Å². The smallest absolute Gasteiger partial charge is 0.129 e. The molecular formula is C11H17Cl2FN2. The van der Waals surface area contributed by atoms with Crippen molar-refractivity contribution in [2.24, 2.45) is 11.5 Å². The Bertz CT molecular complexity index is 321. The highest BCUT2D eigenvalue weighted by Gasteiger charge is 2.10. The Balaban J connectivity index is 0.00000225. The van der Waals surface area contributed by atoms with Crippen molar-refractivity contribution in [3.8, 4) is 0 Å². The van der Waals surface area contributed by atoms with Gasteiger partial charge in [0.25, 0.3) is 0 Å². The van der Waals surface area contributed by atoms with Gasteiger partial charge >= 0.3 is 0 Å². The van der Waals surface area contributed by atoms with E-state index in [2.05, 4.69) is 0 Å². The van der Waals surface area contributed by atoms with Gasteiger partial charge in [-0.05, 0) is 31.5 Å². The van der Waals surface area contributed by atoms with Crippen molar-refractivity contribution in [2.75, 3.05) is 6.54 Å². The van der Waals surface area contributed by atoms with Gasteiger partial charge in [-0.15, -0.1) is 12.4 Å². The van der Waals surface area contributed by atoms with Crippen LogP contribution in [0.4, 0.5) is 4.39 Å². The topological polar surface area (TPSA) is 52.0 Å². The Morgan fingerprint density at radius 3 is 2.56 bits per heavy atom. The third kappa shape index (κ3) is 4.66. The lowest BCUT2D eigenvalue weighted by molar-refractivity contribution is 0.543. The molecule has 2 nitrogen and oxygen atoms in total. The number of rotatable bonds is 5. The first-order chi connectivity index (χ1) is 7.15. The molecule has 0 amide bonds. The van der Waals surface area contributed by atoms with Crippen LogP contribution in [0, 0.1) is 5.82 Å². The van der Waals surface area contributed by atoms with E-state index in [9.17, 15) is 4.39 Å². The summed E-state index contributed by atoms with van der Waals surface area (Å²) < 4.78 is 13.4. The number of nitrogens with two attached hydrogens (primary N) is 2. The molecule has 0 radical (unpaired) electrons. The Morgan fingerprint density at radius 1 is 1.31 bits per heavy atom. The first kappa shape index (κ1) is 15.7. The van der Waals surface area contributed by atoms with Crippen LogP contribution in [0.1, 0.15) is 30.9 Å². The zero-order chi connectivity index (χ0) is 11.3. The SMILES string of the molecule is Cl.NCCCC[C@H](N)c1ccc(Cl)cc1F. The van der Waals surface area contributed by atoms with Gasteiger partial charge in [-0.2, -0.15) is 0 Å². The van der Waals surface area contributed by atoms with Crippen LogP contribution in [0.25, 0.3) is 0 Å². The van der Waals surface area contributed by atoms with E-state index in [4.69, 9.17) is 23.1 Å². The van der Waals surface area contributed by atoms with Crippen LogP contribution in [0.3, 0.4) is 0 Å². The Morgan fingerprint density at radius 2 is 2.00 bits per heavy atom. The molecule has 5 heteroatoms. The molecule has 0 saturated carbocycles. The van der Waals surface area contributed by atoms with Crippen molar-refractivity contribution in [3.05, 3.63) is 34.6 Å². The van der Waals surface area contributed by atoms with Crippen LogP contribution in [0.15, 0.2) is 18.2 Å². The quantitative estimate of drug-likeness (QED) is 0.806. The van der Waals surface area contributed by atoms with Crippen molar-refractivity contribution >= 4 is 24.0 Å². The predicted molar refractivity (Wildman–Crippen MR) is 68.5 cm³/mol. The van der Waals surface area contributed by atoms with E-state index < -0.39 is 0 Å². The molecule has 0 aliphatic rings. The van der Waals surface area contributed by atoms with Crippen LogP contribution < -0.4 is 11.5 Å². The standard InChI is InChI=1S/C11H16ClFN2.ClH/c12-8-4-5-9(10(13)7-8)11(15)3-1-2-6-14;/h4-5,7,11H,1-3,6,14-15H2;1H/t11-;/m0./s1. The second-order valence-corrected chi connectivity index (χ2v) is 3.99. The maximum absolute atomic E-state index is 13.4. The van der Waals surface area contributed by atoms with E-state index >= 15 is 0 Å². The van der Waals surface area contributed by atoms with Gasteiger partial charge in [-0.1, -0.05) is 24.1 Å². The summed E-state index contributed by atoms with van der Waals surface area (Å²) in [6.07, 6.45) is 2.58. The third-order valence-corrected chi connectivity index (χ3v) is 2.57. The van der Waals surface area contributed by atoms with E-state index in [1.165, 1.54) is 6.07 Å². The molecule has 0 aliphatic heterocycles. The van der Waals surface area contributed by atoms with Crippen LogP contribution in [0.2, 0.25) is 5.02 Å². The summed E-state index contributed by atoms with van der Waals surface area (Å²) in [4.78, 5) is 0. The van der Waals surface area contributed by atoms with Gasteiger partial charge < -0.3 is 11.5 Å². The average Bonchev–Trinajstić information content (AvgIpc) is 2.17. The molecule has 92 valence electrons. The molecule has 0 unspecified atom stereocenters. The molecule has 0 saturated heterocycles. The summed E-state index contributed by atoms with van der Waals surface area (Å²) in [5.41, 5.74) is 11.8. The Kier molecular flexibility index (Phi) is 7.68. The normalized spacial score (nSPS) is 12.0. The molecule has 16 heavy (non-hydrogen) atoms. The second kappa shape index (κ2) is 7.85. The molecule has 1 aromatic rings. The lowest BCUT2D eigenvalue weighted by Crippen LogP contribution is -2.12. The highest BCUT2D eigenvalue weighted by Crippen LogP contribution is 2.22. The lowest BCUT2D eigenvalue weighted by atomic mass is 10.0. The fourth-order valence-corrected chi connectivity index (χ4v) is 1.63. The predicted octanol–water partition coefficient (Wildman–Crippen LogP) is 3.03. The zero-order valence-corrected chi connectivity index (χ0v) is 10.5. The Hall–Kier alpha value is -0.350. The summed E-state index contributed by atoms with van der Waals surface area (Å²) in [6.45, 7) is 0.649. The van der Waals surface area contributed by atoms with Crippen LogP contribution in [-0.2, 0) is 0 Å². The van der Waals surface area contributed by atoms with Gasteiger partial charge in [0.15, 0.2) is 0 Å². The minimum absolute atomic E-state index is 0. The first-order valence-electron chi connectivity index (χ1n) is 5.05. The molecule has 1 rings (SSSR count). The van der Waals surface area contributed by atoms with E-state index in [0.717, 1.165) is 19.3 Å². The molecule has 0 bridgehead atoms. The van der Waals surface area contributed by atoms with Gasteiger partial charge in [-0.3, -0.25) is 0 Å². The molecule has 0 aromatic heterocycles. The minimum Gasteiger partial charge on any atom is -0.330 e. The van der Waals surface area contributed by atoms with E-state index in [1.807, 2.05) is 0 Å². The van der Waals surface area contributed by atoms with Crippen molar-refractivity contribution < 1.29 is 4.39 Å². The van der Waals surface area contributed by atoms with Gasteiger partial charge in [0, 0.05) is 16.6 Å². The maximum Gasteiger partial charge on any atom is 0.129 e. The minimum atomic E-state index is -0.331. The summed E-state index contributed by atoms with van der Waals surface area (Å²) in [5.74, 6) is -0.331. The maximum atomic E-state index is 13.4. The fraction of sp³-hybridized carbons (Fsp3) is 0.455. The van der Waals surface area contributed by atoms with Crippen LogP contribution >= 0.6 is 24.0 Å². The van der Waals surface area contributed by atoms with Crippen molar-refractivity contribution in [3.63, 3.8) is 0 Å². The highest BCUT2D eigenvalue weighted by atomic mass is 35.5. The number of benzene rings is 1. The molecule has 0 fully saturated rings.